The lowest BCUT2D eigenvalue weighted by atomic mass is 10.1. The first-order valence-electron chi connectivity index (χ1n) is 7.45. The van der Waals surface area contributed by atoms with E-state index in [1.54, 1.807) is 0 Å². The second kappa shape index (κ2) is 4.32. The lowest BCUT2D eigenvalue weighted by Gasteiger charge is -2.07. The van der Waals surface area contributed by atoms with Crippen LogP contribution in [0.2, 0.25) is 0 Å². The number of hydrogen-bond donors (Lipinski definition) is 0. The molecule has 0 saturated carbocycles. The molecule has 0 saturated heterocycles. The van der Waals surface area contributed by atoms with E-state index >= 15 is 0 Å². The third-order valence-corrected chi connectivity index (χ3v) is 4.49. The molecule has 0 bridgehead atoms. The topological polar surface area (TPSA) is 7.94 Å². The average molecular weight is 275 g/mol. The van der Waals surface area contributed by atoms with Crippen LogP contribution in [-0.4, -0.2) is 22.0 Å². The number of hydrogen-bond acceptors (Lipinski definition) is 0. The Morgan fingerprint density at radius 1 is 1.00 bits per heavy atom. The van der Waals surface area contributed by atoms with Crippen LogP contribution >= 0.6 is 0 Å². The molecule has 0 radical (unpaired) electrons. The minimum Gasteiger partial charge on any atom is -0.240 e. The van der Waals surface area contributed by atoms with Crippen LogP contribution in [-0.2, 0) is 0 Å². The van der Waals surface area contributed by atoms with E-state index < -0.39 is 0 Å². The highest BCUT2D eigenvalue weighted by molar-refractivity contribution is 6.14. The standard InChI is InChI=1S/C19H19N2/c1-13-7-6-9-16-15-8-4-5-10-17(15)21(18(13)16)19-14(2)11-12-20(19)3/h4-12,14H,1-3H3/q+1. The van der Waals surface area contributed by atoms with Crippen LogP contribution < -0.4 is 0 Å². The minimum absolute atomic E-state index is 0.425. The molecule has 0 N–H and O–H groups in total. The Bertz CT molecular complexity index is 925. The largest absolute Gasteiger partial charge is 0.268 e. The predicted molar refractivity (Wildman–Crippen MR) is 89.1 cm³/mol. The van der Waals surface area contributed by atoms with Gasteiger partial charge in [-0.25, -0.2) is 4.58 Å². The van der Waals surface area contributed by atoms with E-state index in [0.717, 1.165) is 0 Å². The van der Waals surface area contributed by atoms with E-state index in [0.29, 0.717) is 5.92 Å². The van der Waals surface area contributed by atoms with Gasteiger partial charge < -0.3 is 0 Å². The van der Waals surface area contributed by atoms with Crippen LogP contribution in [0.4, 0.5) is 0 Å². The van der Waals surface area contributed by atoms with Gasteiger partial charge in [-0.2, -0.15) is 4.57 Å². The summed E-state index contributed by atoms with van der Waals surface area (Å²) in [4.78, 5) is 0. The highest BCUT2D eigenvalue weighted by atomic mass is 15.2. The van der Waals surface area contributed by atoms with Crippen molar-refractivity contribution in [2.24, 2.45) is 5.92 Å². The molecule has 1 atom stereocenters. The normalized spacial score (nSPS) is 18.3. The average Bonchev–Trinajstić information content (AvgIpc) is 2.98. The van der Waals surface area contributed by atoms with Crippen LogP contribution in [0.25, 0.3) is 21.8 Å². The summed E-state index contributed by atoms with van der Waals surface area (Å²) in [5.41, 5.74) is 3.94. The van der Waals surface area contributed by atoms with E-state index in [1.807, 2.05) is 0 Å². The van der Waals surface area contributed by atoms with Gasteiger partial charge in [0.1, 0.15) is 11.0 Å². The molecule has 4 rings (SSSR count). The fourth-order valence-electron chi connectivity index (χ4n) is 3.53. The van der Waals surface area contributed by atoms with Gasteiger partial charge in [0.2, 0.25) is 0 Å². The van der Waals surface area contributed by atoms with Gasteiger partial charge in [-0.3, -0.25) is 0 Å². The Balaban J connectivity index is 2.24. The maximum Gasteiger partial charge on any atom is 0.268 e. The van der Waals surface area contributed by atoms with Crippen molar-refractivity contribution in [2.75, 3.05) is 7.05 Å². The number of nitrogens with zero attached hydrogens (tertiary/aromatic N) is 2. The Hall–Kier alpha value is -2.35. The highest BCUT2D eigenvalue weighted by Gasteiger charge is 2.29. The van der Waals surface area contributed by atoms with Crippen LogP contribution in [0.15, 0.2) is 54.7 Å². The number of benzene rings is 2. The molecule has 0 amide bonds. The molecule has 2 heterocycles. The lowest BCUT2D eigenvalue weighted by Crippen LogP contribution is -2.23. The third-order valence-electron chi connectivity index (χ3n) is 4.49. The fourth-order valence-corrected chi connectivity index (χ4v) is 3.53. The lowest BCUT2D eigenvalue weighted by molar-refractivity contribution is -0.421. The van der Waals surface area contributed by atoms with Crippen molar-refractivity contribution in [1.82, 2.24) is 4.57 Å². The van der Waals surface area contributed by atoms with Gasteiger partial charge >= 0.3 is 0 Å². The third kappa shape index (κ3) is 1.62. The summed E-state index contributed by atoms with van der Waals surface area (Å²) in [6, 6.07) is 15.3. The van der Waals surface area contributed by atoms with Gasteiger partial charge in [-0.05, 0) is 43.7 Å². The van der Waals surface area contributed by atoms with Crippen LogP contribution in [0.3, 0.4) is 0 Å². The molecule has 0 aliphatic carbocycles. The Morgan fingerprint density at radius 3 is 2.52 bits per heavy atom. The number of rotatable bonds is 0. The highest BCUT2D eigenvalue weighted by Crippen LogP contribution is 2.32. The summed E-state index contributed by atoms with van der Waals surface area (Å²) in [6.07, 6.45) is 4.42. The van der Waals surface area contributed by atoms with E-state index in [-0.39, 0.29) is 0 Å². The van der Waals surface area contributed by atoms with Crippen LogP contribution in [0.1, 0.15) is 12.5 Å². The van der Waals surface area contributed by atoms with Crippen molar-refractivity contribution in [1.29, 1.82) is 0 Å². The molecule has 2 heteroatoms. The molecule has 2 nitrogen and oxygen atoms in total. The van der Waals surface area contributed by atoms with Gasteiger partial charge in [0.25, 0.3) is 5.84 Å². The first-order valence-corrected chi connectivity index (χ1v) is 7.45. The number of para-hydroxylation sites is 2. The van der Waals surface area contributed by atoms with Crippen LogP contribution in [0.5, 0.6) is 0 Å². The molecule has 1 aromatic heterocycles. The van der Waals surface area contributed by atoms with Crippen LogP contribution in [0, 0.1) is 12.8 Å². The SMILES string of the molecule is Cc1cccc2c3ccccc3n(C3=[N+](C)C=CC3C)c12. The van der Waals surface area contributed by atoms with Gasteiger partial charge in [-0.1, -0.05) is 24.3 Å². The molecule has 0 fully saturated rings. The molecule has 2 aromatic carbocycles. The summed E-state index contributed by atoms with van der Waals surface area (Å²) in [6.45, 7) is 4.46. The maximum absolute atomic E-state index is 2.44. The van der Waals surface area contributed by atoms with Gasteiger partial charge in [0.05, 0.1) is 19.2 Å². The summed E-state index contributed by atoms with van der Waals surface area (Å²) in [7, 11) is 2.13. The summed E-state index contributed by atoms with van der Waals surface area (Å²) < 4.78 is 4.67. The van der Waals surface area contributed by atoms with E-state index in [9.17, 15) is 0 Å². The molecule has 21 heavy (non-hydrogen) atoms. The molecule has 104 valence electrons. The zero-order valence-electron chi connectivity index (χ0n) is 12.7. The van der Waals surface area contributed by atoms with E-state index in [2.05, 4.69) is 84.8 Å². The minimum atomic E-state index is 0.425. The summed E-state index contributed by atoms with van der Waals surface area (Å²) >= 11 is 0. The van der Waals surface area contributed by atoms with Crippen molar-refractivity contribution in [2.45, 2.75) is 13.8 Å². The maximum atomic E-state index is 2.44. The summed E-state index contributed by atoms with van der Waals surface area (Å²) in [5, 5.41) is 2.67. The Morgan fingerprint density at radius 2 is 1.76 bits per heavy atom. The molecule has 3 aromatic rings. The van der Waals surface area contributed by atoms with Crippen molar-refractivity contribution >= 4 is 27.6 Å². The van der Waals surface area contributed by atoms with E-state index in [1.165, 1.54) is 33.2 Å². The summed E-state index contributed by atoms with van der Waals surface area (Å²) in [5.74, 6) is 1.75. The van der Waals surface area contributed by atoms with Gasteiger partial charge in [0, 0.05) is 10.8 Å². The van der Waals surface area contributed by atoms with Crippen molar-refractivity contribution in [3.63, 3.8) is 0 Å². The Labute approximate surface area is 124 Å². The quantitative estimate of drug-likeness (QED) is 0.544. The number of aromatic nitrogens is 1. The van der Waals surface area contributed by atoms with Crippen molar-refractivity contribution in [3.8, 4) is 0 Å². The van der Waals surface area contributed by atoms with Crippen molar-refractivity contribution in [3.05, 3.63) is 60.3 Å². The second-order valence-corrected chi connectivity index (χ2v) is 5.92. The number of aryl methyl sites for hydroxylation is 1. The molecule has 0 spiro atoms. The predicted octanol–water partition coefficient (Wildman–Crippen LogP) is 4.16. The van der Waals surface area contributed by atoms with Gasteiger partial charge in [0.15, 0.2) is 0 Å². The first-order chi connectivity index (χ1) is 10.2. The smallest absolute Gasteiger partial charge is 0.240 e. The van der Waals surface area contributed by atoms with Crippen molar-refractivity contribution < 1.29 is 4.58 Å². The molecule has 1 aliphatic rings. The zero-order valence-corrected chi connectivity index (χ0v) is 12.7. The first kappa shape index (κ1) is 12.4. The van der Waals surface area contributed by atoms with E-state index in [4.69, 9.17) is 0 Å². The molecule has 1 aliphatic heterocycles. The van der Waals surface area contributed by atoms with Gasteiger partial charge in [-0.15, -0.1) is 0 Å². The second-order valence-electron chi connectivity index (χ2n) is 5.92. The molecule has 1 unspecified atom stereocenters. The molecular weight excluding hydrogens is 256 g/mol. The zero-order chi connectivity index (χ0) is 14.6. The molecular formula is C19H19N2+. The number of allylic oxidation sites excluding steroid dienone is 1. The monoisotopic (exact) mass is 275 g/mol. The number of fused-ring (bicyclic) bond motifs is 3. The Kier molecular flexibility index (Phi) is 2.55. The fraction of sp³-hybridized carbons (Fsp3) is 0.211.